The number of sulfonamides is 1. The van der Waals surface area contributed by atoms with E-state index in [1.807, 2.05) is 43.3 Å². The molecule has 0 atom stereocenters. The molecule has 1 aromatic heterocycles. The minimum atomic E-state index is -4.36. The molecule has 1 amide bonds. The number of aryl methyl sites for hydroxylation is 1. The predicted octanol–water partition coefficient (Wildman–Crippen LogP) is 7.45. The van der Waals surface area contributed by atoms with Crippen LogP contribution in [0.4, 0.5) is 10.1 Å². The fraction of sp³-hybridized carbons (Fsp3) is 0.0690. The van der Waals surface area contributed by atoms with Crippen LogP contribution in [0.25, 0.3) is 10.9 Å². The first-order chi connectivity index (χ1) is 19.1. The van der Waals surface area contributed by atoms with Crippen LogP contribution in [-0.4, -0.2) is 19.3 Å². The largest absolute Gasteiger partial charge is 0.457 e. The fourth-order valence-corrected chi connectivity index (χ4v) is 5.82. The van der Waals surface area contributed by atoms with E-state index in [1.54, 1.807) is 12.1 Å². The molecule has 11 heteroatoms. The van der Waals surface area contributed by atoms with E-state index in [-0.39, 0.29) is 17.8 Å². The second-order valence-electron chi connectivity index (χ2n) is 8.89. The molecule has 0 aliphatic rings. The Labute approximate surface area is 239 Å². The molecule has 0 spiro atoms. The number of carbonyl (C=O) groups is 1. The van der Waals surface area contributed by atoms with Crippen molar-refractivity contribution in [2.75, 3.05) is 4.72 Å². The van der Waals surface area contributed by atoms with Gasteiger partial charge in [0.05, 0.1) is 21.2 Å². The van der Waals surface area contributed by atoms with Crippen molar-refractivity contribution < 1.29 is 22.3 Å². The zero-order chi connectivity index (χ0) is 28.4. The smallest absolute Gasteiger partial charge is 0.264 e. The molecule has 0 bridgehead atoms. The van der Waals surface area contributed by atoms with Crippen molar-refractivity contribution >= 4 is 55.7 Å². The summed E-state index contributed by atoms with van der Waals surface area (Å²) in [6.45, 7) is 2.04. The highest BCUT2D eigenvalue weighted by Gasteiger charge is 2.23. The Balaban J connectivity index is 1.31. The van der Waals surface area contributed by atoms with Gasteiger partial charge in [0, 0.05) is 29.3 Å². The lowest BCUT2D eigenvalue weighted by Crippen LogP contribution is -2.23. The number of aromatic amines is 1. The summed E-state index contributed by atoms with van der Waals surface area (Å²) >= 11 is 12.3. The Morgan fingerprint density at radius 3 is 2.42 bits per heavy atom. The van der Waals surface area contributed by atoms with Gasteiger partial charge in [-0.05, 0) is 55.0 Å². The number of H-pyrrole nitrogens is 1. The van der Waals surface area contributed by atoms with Gasteiger partial charge in [0.15, 0.2) is 0 Å². The number of halogens is 3. The summed E-state index contributed by atoms with van der Waals surface area (Å²) in [5.74, 6) is -0.414. The SMILES string of the molecule is Cc1ccccc1Oc1ccccc1CNC(=O)c1ccc(S(=O)(=O)Nc2ccc(Cl)c3c(Cl)c[nH]c23)c(F)c1. The highest BCUT2D eigenvalue weighted by Crippen LogP contribution is 2.35. The number of benzene rings is 4. The number of aromatic nitrogens is 1. The van der Waals surface area contributed by atoms with E-state index in [2.05, 4.69) is 15.0 Å². The lowest BCUT2D eigenvalue weighted by Gasteiger charge is -2.14. The van der Waals surface area contributed by atoms with Crippen molar-refractivity contribution in [1.29, 1.82) is 0 Å². The zero-order valence-electron chi connectivity index (χ0n) is 21.0. The van der Waals surface area contributed by atoms with Gasteiger partial charge in [0.2, 0.25) is 0 Å². The molecule has 0 fully saturated rings. The topological polar surface area (TPSA) is 100 Å². The van der Waals surface area contributed by atoms with Crippen molar-refractivity contribution in [3.63, 3.8) is 0 Å². The maximum Gasteiger partial charge on any atom is 0.264 e. The number of hydrogen-bond acceptors (Lipinski definition) is 4. The summed E-state index contributed by atoms with van der Waals surface area (Å²) in [6.07, 6.45) is 1.47. The van der Waals surface area contributed by atoms with Crippen LogP contribution in [0.2, 0.25) is 10.0 Å². The van der Waals surface area contributed by atoms with E-state index in [0.29, 0.717) is 38.0 Å². The molecule has 3 N–H and O–H groups in total. The molecule has 5 aromatic rings. The maximum atomic E-state index is 15.0. The van der Waals surface area contributed by atoms with Crippen LogP contribution in [0.1, 0.15) is 21.5 Å². The lowest BCUT2D eigenvalue weighted by atomic mass is 10.1. The van der Waals surface area contributed by atoms with E-state index in [4.69, 9.17) is 27.9 Å². The van der Waals surface area contributed by atoms with Crippen molar-refractivity contribution in [3.05, 3.63) is 118 Å². The van der Waals surface area contributed by atoms with Gasteiger partial charge in [-0.25, -0.2) is 12.8 Å². The van der Waals surface area contributed by atoms with Crippen LogP contribution in [0, 0.1) is 12.7 Å². The van der Waals surface area contributed by atoms with Crippen molar-refractivity contribution in [3.8, 4) is 11.5 Å². The Hall–Kier alpha value is -4.05. The summed E-state index contributed by atoms with van der Waals surface area (Å²) in [5, 5.41) is 3.80. The molecule has 1 heterocycles. The third-order valence-corrected chi connectivity index (χ3v) is 8.20. The molecule has 40 heavy (non-hydrogen) atoms. The summed E-state index contributed by atoms with van der Waals surface area (Å²) in [6, 6.07) is 20.9. The van der Waals surface area contributed by atoms with Crippen LogP contribution >= 0.6 is 23.2 Å². The van der Waals surface area contributed by atoms with Gasteiger partial charge in [-0.1, -0.05) is 59.6 Å². The van der Waals surface area contributed by atoms with E-state index in [1.165, 1.54) is 24.4 Å². The first-order valence-corrected chi connectivity index (χ1v) is 14.2. The number of para-hydroxylation sites is 2. The highest BCUT2D eigenvalue weighted by atomic mass is 35.5. The van der Waals surface area contributed by atoms with Gasteiger partial charge in [-0.15, -0.1) is 0 Å². The Morgan fingerprint density at radius 1 is 0.950 bits per heavy atom. The van der Waals surface area contributed by atoms with E-state index in [0.717, 1.165) is 17.7 Å². The first kappa shape index (κ1) is 27.5. The molecule has 0 radical (unpaired) electrons. The summed E-state index contributed by atoms with van der Waals surface area (Å²) in [5.41, 5.74) is 2.11. The molecule has 4 aromatic carbocycles. The molecule has 0 aliphatic carbocycles. The van der Waals surface area contributed by atoms with Gasteiger partial charge in [-0.2, -0.15) is 0 Å². The predicted molar refractivity (Wildman–Crippen MR) is 154 cm³/mol. The van der Waals surface area contributed by atoms with Crippen molar-refractivity contribution in [2.45, 2.75) is 18.4 Å². The van der Waals surface area contributed by atoms with Crippen molar-refractivity contribution in [1.82, 2.24) is 10.3 Å². The quantitative estimate of drug-likeness (QED) is 0.173. The molecule has 0 unspecified atom stereocenters. The normalized spacial score (nSPS) is 11.4. The summed E-state index contributed by atoms with van der Waals surface area (Å²) in [4.78, 5) is 15.0. The third-order valence-electron chi connectivity index (χ3n) is 6.19. The number of anilines is 1. The number of hydrogen-bond donors (Lipinski definition) is 3. The average molecular weight is 598 g/mol. The highest BCUT2D eigenvalue weighted by molar-refractivity contribution is 7.92. The standard InChI is InChI=1S/C29H22Cl2FN3O4S/c1-17-6-2-4-8-24(17)39-25-9-5-3-7-19(25)15-34-29(36)18-10-13-26(22(32)14-18)40(37,38)35-23-12-11-20(30)27-21(31)16-33-28(23)27/h2-14,16,33,35H,15H2,1H3,(H,34,36). The second kappa shape index (κ2) is 11.2. The maximum absolute atomic E-state index is 15.0. The van der Waals surface area contributed by atoms with Crippen molar-refractivity contribution in [2.24, 2.45) is 0 Å². The Morgan fingerprint density at radius 2 is 1.68 bits per heavy atom. The van der Waals surface area contributed by atoms with Gasteiger partial charge in [0.1, 0.15) is 22.2 Å². The molecule has 0 saturated carbocycles. The third kappa shape index (κ3) is 5.62. The number of amides is 1. The van der Waals surface area contributed by atoms with Crippen LogP contribution in [0.5, 0.6) is 11.5 Å². The number of fused-ring (bicyclic) bond motifs is 1. The Kier molecular flexibility index (Phi) is 7.71. The molecule has 7 nitrogen and oxygen atoms in total. The Bertz CT molecular complexity index is 1860. The molecule has 0 saturated heterocycles. The van der Waals surface area contributed by atoms with E-state index >= 15 is 4.39 Å². The molecule has 204 valence electrons. The van der Waals surface area contributed by atoms with E-state index < -0.39 is 26.6 Å². The number of nitrogens with one attached hydrogen (secondary N) is 3. The van der Waals surface area contributed by atoms with Gasteiger partial charge >= 0.3 is 0 Å². The zero-order valence-corrected chi connectivity index (χ0v) is 23.3. The lowest BCUT2D eigenvalue weighted by molar-refractivity contribution is 0.0950. The second-order valence-corrected chi connectivity index (χ2v) is 11.4. The summed E-state index contributed by atoms with van der Waals surface area (Å²) in [7, 11) is -4.36. The van der Waals surface area contributed by atoms with Gasteiger partial charge < -0.3 is 15.0 Å². The molecular formula is C29H22Cl2FN3O4S. The van der Waals surface area contributed by atoms with E-state index in [9.17, 15) is 13.2 Å². The average Bonchev–Trinajstić information content (AvgIpc) is 3.33. The summed E-state index contributed by atoms with van der Waals surface area (Å²) < 4.78 is 49.4. The van der Waals surface area contributed by atoms with Crippen LogP contribution in [0.15, 0.2) is 90.0 Å². The molecule has 5 rings (SSSR count). The van der Waals surface area contributed by atoms with Gasteiger partial charge in [0.25, 0.3) is 15.9 Å². The van der Waals surface area contributed by atoms with Crippen LogP contribution < -0.4 is 14.8 Å². The fourth-order valence-electron chi connectivity index (χ4n) is 4.13. The first-order valence-electron chi connectivity index (χ1n) is 12.0. The number of rotatable bonds is 8. The van der Waals surface area contributed by atoms with Crippen LogP contribution in [0.3, 0.4) is 0 Å². The number of ether oxygens (including phenoxy) is 1. The monoisotopic (exact) mass is 597 g/mol. The minimum Gasteiger partial charge on any atom is -0.457 e. The minimum absolute atomic E-state index is 0.0428. The van der Waals surface area contributed by atoms with Crippen LogP contribution in [-0.2, 0) is 16.6 Å². The molecule has 0 aliphatic heterocycles. The van der Waals surface area contributed by atoms with Gasteiger partial charge in [-0.3, -0.25) is 9.52 Å². The number of carbonyl (C=O) groups excluding carboxylic acids is 1. The molecular weight excluding hydrogens is 576 g/mol.